The number of benzene rings is 2. The molecule has 1 saturated heterocycles. The molecular formula is C29H35ClN6O3. The van der Waals surface area contributed by atoms with Gasteiger partial charge >= 0.3 is 0 Å². The molecule has 39 heavy (non-hydrogen) atoms. The first kappa shape index (κ1) is 27.2. The highest BCUT2D eigenvalue weighted by Crippen LogP contribution is 2.30. The fraction of sp³-hybridized carbons (Fsp3) is 0.379. The molecule has 10 heteroatoms. The topological polar surface area (TPSA) is 110 Å². The number of imidazole rings is 1. The summed E-state index contributed by atoms with van der Waals surface area (Å²) in [6.45, 7) is 9.01. The van der Waals surface area contributed by atoms with Crippen LogP contribution >= 0.6 is 11.6 Å². The first-order valence-electron chi connectivity index (χ1n) is 13.2. The maximum atomic E-state index is 13.0. The van der Waals surface area contributed by atoms with Gasteiger partial charge in [-0.15, -0.1) is 0 Å². The number of anilines is 2. The Bertz CT molecular complexity index is 1500. The number of ether oxygens (including phenoxy) is 1. The highest BCUT2D eigenvalue weighted by molar-refractivity contribution is 6.30. The molecule has 0 radical (unpaired) electrons. The Hall–Kier alpha value is -3.37. The molecule has 0 amide bonds. The van der Waals surface area contributed by atoms with Gasteiger partial charge in [-0.05, 0) is 55.3 Å². The molecule has 0 spiro atoms. The van der Waals surface area contributed by atoms with Crippen LogP contribution < -0.4 is 15.8 Å². The number of fused-ring (bicyclic) bond motifs is 1. The fourth-order valence-electron chi connectivity index (χ4n) is 5.24. The minimum atomic E-state index is -0.798. The van der Waals surface area contributed by atoms with Crippen LogP contribution in [0.1, 0.15) is 24.2 Å². The maximum absolute atomic E-state index is 13.0. The van der Waals surface area contributed by atoms with Gasteiger partial charge < -0.3 is 30.0 Å². The van der Waals surface area contributed by atoms with E-state index < -0.39 is 6.10 Å². The van der Waals surface area contributed by atoms with E-state index in [2.05, 4.69) is 44.1 Å². The SMILES string of the molecule is COCCN1CCN(c2cc(C)c3nc(-c4c(NCC(O)c5cccc(Cl)c5)cc[nH]c4=O)[nH]c3c2)C[C@H]1C. The number of methoxy groups -OCH3 is 1. The van der Waals surface area contributed by atoms with Crippen LogP contribution in [0.3, 0.4) is 0 Å². The number of aliphatic hydroxyl groups is 1. The number of aromatic amines is 2. The number of hydrogen-bond acceptors (Lipinski definition) is 7. The number of pyridine rings is 1. The molecule has 0 saturated carbocycles. The Balaban J connectivity index is 1.39. The summed E-state index contributed by atoms with van der Waals surface area (Å²) in [5.41, 5.74) is 5.29. The van der Waals surface area contributed by atoms with E-state index in [0.29, 0.717) is 33.7 Å². The third-order valence-corrected chi connectivity index (χ3v) is 7.63. The van der Waals surface area contributed by atoms with Crippen molar-refractivity contribution in [3.63, 3.8) is 0 Å². The molecule has 0 aliphatic carbocycles. The lowest BCUT2D eigenvalue weighted by atomic mass is 10.1. The number of nitrogens with zero attached hydrogens (tertiary/aromatic N) is 3. The van der Waals surface area contributed by atoms with Crippen molar-refractivity contribution in [1.82, 2.24) is 19.9 Å². The fourth-order valence-corrected chi connectivity index (χ4v) is 5.44. The molecule has 1 aliphatic rings. The molecule has 1 aliphatic heterocycles. The molecular weight excluding hydrogens is 516 g/mol. The Morgan fingerprint density at radius 3 is 2.87 bits per heavy atom. The number of piperazine rings is 1. The summed E-state index contributed by atoms with van der Waals surface area (Å²) in [4.78, 5) is 28.8. The van der Waals surface area contributed by atoms with Crippen molar-refractivity contribution in [3.8, 4) is 11.4 Å². The Kier molecular flexibility index (Phi) is 8.23. The van der Waals surface area contributed by atoms with Crippen molar-refractivity contribution < 1.29 is 9.84 Å². The van der Waals surface area contributed by atoms with Gasteiger partial charge in [0.25, 0.3) is 5.56 Å². The van der Waals surface area contributed by atoms with Crippen LogP contribution in [0.4, 0.5) is 11.4 Å². The normalized spacial score (nSPS) is 17.1. The second kappa shape index (κ2) is 11.8. The molecule has 5 rings (SSSR count). The number of H-pyrrole nitrogens is 2. The number of halogens is 1. The van der Waals surface area contributed by atoms with Gasteiger partial charge in [0.1, 0.15) is 11.4 Å². The predicted molar refractivity (Wildman–Crippen MR) is 157 cm³/mol. The van der Waals surface area contributed by atoms with E-state index in [1.54, 1.807) is 37.6 Å². The summed E-state index contributed by atoms with van der Waals surface area (Å²) in [5, 5.41) is 14.5. The minimum absolute atomic E-state index is 0.203. The van der Waals surface area contributed by atoms with E-state index in [0.717, 1.165) is 55.1 Å². The van der Waals surface area contributed by atoms with E-state index in [-0.39, 0.29) is 12.1 Å². The van der Waals surface area contributed by atoms with E-state index >= 15 is 0 Å². The molecule has 2 atom stereocenters. The van der Waals surface area contributed by atoms with E-state index in [4.69, 9.17) is 21.3 Å². The molecule has 4 N–H and O–H groups in total. The summed E-state index contributed by atoms with van der Waals surface area (Å²) < 4.78 is 5.26. The molecule has 0 bridgehead atoms. The first-order valence-corrected chi connectivity index (χ1v) is 13.6. The quantitative estimate of drug-likeness (QED) is 0.247. The summed E-state index contributed by atoms with van der Waals surface area (Å²) in [5.74, 6) is 0.476. The smallest absolute Gasteiger partial charge is 0.261 e. The molecule has 2 aromatic carbocycles. The number of aromatic nitrogens is 3. The van der Waals surface area contributed by atoms with Crippen LogP contribution in [0, 0.1) is 6.92 Å². The van der Waals surface area contributed by atoms with Crippen LogP contribution in [-0.4, -0.2) is 77.4 Å². The van der Waals surface area contributed by atoms with Gasteiger partial charge in [-0.25, -0.2) is 4.98 Å². The molecule has 9 nitrogen and oxygen atoms in total. The van der Waals surface area contributed by atoms with Crippen molar-refractivity contribution in [1.29, 1.82) is 0 Å². The third-order valence-electron chi connectivity index (χ3n) is 7.39. The second-order valence-corrected chi connectivity index (χ2v) is 10.6. The van der Waals surface area contributed by atoms with Gasteiger partial charge in [0.2, 0.25) is 0 Å². The van der Waals surface area contributed by atoms with Crippen LogP contribution in [0.15, 0.2) is 53.5 Å². The number of aliphatic hydroxyl groups excluding tert-OH is 1. The lowest BCUT2D eigenvalue weighted by molar-refractivity contribution is 0.117. The Morgan fingerprint density at radius 1 is 1.26 bits per heavy atom. The van der Waals surface area contributed by atoms with E-state index in [1.807, 2.05) is 13.0 Å². The number of aryl methyl sites for hydroxylation is 1. The first-order chi connectivity index (χ1) is 18.8. The maximum Gasteiger partial charge on any atom is 0.261 e. The van der Waals surface area contributed by atoms with Gasteiger partial charge in [0.15, 0.2) is 0 Å². The molecule has 3 heterocycles. The molecule has 1 fully saturated rings. The summed E-state index contributed by atoms with van der Waals surface area (Å²) in [6.07, 6.45) is 0.785. The Morgan fingerprint density at radius 2 is 2.10 bits per heavy atom. The second-order valence-electron chi connectivity index (χ2n) is 10.1. The zero-order chi connectivity index (χ0) is 27.5. The summed E-state index contributed by atoms with van der Waals surface area (Å²) in [7, 11) is 1.74. The van der Waals surface area contributed by atoms with E-state index in [9.17, 15) is 9.90 Å². The van der Waals surface area contributed by atoms with Crippen molar-refractivity contribution in [3.05, 3.63) is 75.2 Å². The number of rotatable bonds is 9. The monoisotopic (exact) mass is 550 g/mol. The average Bonchev–Trinajstić information content (AvgIpc) is 3.35. The third kappa shape index (κ3) is 5.96. The van der Waals surface area contributed by atoms with Gasteiger partial charge in [-0.2, -0.15) is 0 Å². The highest BCUT2D eigenvalue weighted by atomic mass is 35.5. The van der Waals surface area contributed by atoms with Crippen LogP contribution in [0.25, 0.3) is 22.4 Å². The summed E-state index contributed by atoms with van der Waals surface area (Å²) in [6, 6.07) is 13.6. The van der Waals surface area contributed by atoms with Gasteiger partial charge in [0, 0.05) is 62.8 Å². The highest BCUT2D eigenvalue weighted by Gasteiger charge is 2.24. The molecule has 2 aromatic heterocycles. The standard InChI is InChI=1S/C29H35ClN6O3/c1-18-13-22(36-10-9-35(11-12-39-3)19(2)17-36)15-24-27(18)34-28(33-24)26-23(7-8-31-29(26)38)32-16-25(37)20-5-4-6-21(30)14-20/h4-8,13-15,19,25,37H,9-12,16-17H2,1-3H3,(H,33,34)(H2,31,32,38)/t19-,25?/m1/s1. The Labute approximate surface area is 232 Å². The van der Waals surface area contributed by atoms with Crippen molar-refractivity contribution in [2.75, 3.05) is 56.7 Å². The molecule has 4 aromatic rings. The van der Waals surface area contributed by atoms with Crippen LogP contribution in [0.2, 0.25) is 5.02 Å². The number of nitrogens with one attached hydrogen (secondary N) is 3. The minimum Gasteiger partial charge on any atom is -0.387 e. The largest absolute Gasteiger partial charge is 0.387 e. The van der Waals surface area contributed by atoms with Crippen molar-refractivity contribution in [2.24, 2.45) is 0 Å². The lowest BCUT2D eigenvalue weighted by Crippen LogP contribution is -2.52. The van der Waals surface area contributed by atoms with Gasteiger partial charge in [-0.3, -0.25) is 9.69 Å². The average molecular weight is 551 g/mol. The van der Waals surface area contributed by atoms with Crippen LogP contribution in [-0.2, 0) is 4.74 Å². The molecule has 1 unspecified atom stereocenters. The van der Waals surface area contributed by atoms with Gasteiger partial charge in [0.05, 0.1) is 29.4 Å². The lowest BCUT2D eigenvalue weighted by Gasteiger charge is -2.41. The van der Waals surface area contributed by atoms with Crippen molar-refractivity contribution >= 4 is 34.0 Å². The molecule has 206 valence electrons. The predicted octanol–water partition coefficient (Wildman–Crippen LogP) is 4.18. The van der Waals surface area contributed by atoms with E-state index in [1.165, 1.54) is 0 Å². The summed E-state index contributed by atoms with van der Waals surface area (Å²) >= 11 is 6.08. The zero-order valence-electron chi connectivity index (χ0n) is 22.5. The van der Waals surface area contributed by atoms with Gasteiger partial charge in [-0.1, -0.05) is 23.7 Å². The van der Waals surface area contributed by atoms with Crippen LogP contribution in [0.5, 0.6) is 0 Å². The number of hydrogen-bond donors (Lipinski definition) is 4. The van der Waals surface area contributed by atoms with Crippen molar-refractivity contribution in [2.45, 2.75) is 26.0 Å². The zero-order valence-corrected chi connectivity index (χ0v) is 23.3.